The molecule has 5 heteroatoms. The van der Waals surface area contributed by atoms with Crippen molar-refractivity contribution in [3.05, 3.63) is 0 Å². The van der Waals surface area contributed by atoms with E-state index >= 15 is 0 Å². The standard InChI is InChI=1S/C12H24O4Si/c1-11(2,3)9-7-13-17(15-9)14-8-10(16-17)12(4,5)6/h9-10H,7-8H2,1-6H3/q-1. The van der Waals surface area contributed by atoms with Gasteiger partial charge in [0.25, 0.3) is 0 Å². The molecular formula is C12H24O4Si-. The molecular weight excluding hydrogens is 236 g/mol. The molecule has 0 aliphatic carbocycles. The van der Waals surface area contributed by atoms with Crippen molar-refractivity contribution in [2.45, 2.75) is 53.8 Å². The summed E-state index contributed by atoms with van der Waals surface area (Å²) >= 11 is 0. The van der Waals surface area contributed by atoms with Crippen molar-refractivity contribution in [2.24, 2.45) is 10.8 Å². The second kappa shape index (κ2) is 4.03. The van der Waals surface area contributed by atoms with Gasteiger partial charge in [-0.3, -0.25) is 0 Å². The summed E-state index contributed by atoms with van der Waals surface area (Å²) in [4.78, 5) is 0. The van der Waals surface area contributed by atoms with Gasteiger partial charge < -0.3 is 17.7 Å². The first-order valence-electron chi connectivity index (χ1n) is 6.26. The van der Waals surface area contributed by atoms with Gasteiger partial charge in [0.1, 0.15) is 0 Å². The normalized spacial score (nSPS) is 39.2. The summed E-state index contributed by atoms with van der Waals surface area (Å²) in [6.07, 6.45) is 0.126. The van der Waals surface area contributed by atoms with E-state index in [1.165, 1.54) is 0 Å². The molecule has 2 unspecified atom stereocenters. The van der Waals surface area contributed by atoms with Crippen molar-refractivity contribution in [3.8, 4) is 0 Å². The van der Waals surface area contributed by atoms with E-state index in [1.807, 2.05) is 0 Å². The molecule has 0 amide bonds. The Morgan fingerprint density at radius 2 is 1.12 bits per heavy atom. The minimum absolute atomic E-state index is 0.0586. The van der Waals surface area contributed by atoms with E-state index in [-0.39, 0.29) is 23.0 Å². The molecule has 0 aromatic carbocycles. The molecule has 2 aliphatic rings. The third-order valence-corrected chi connectivity index (χ3v) is 5.51. The Hall–Kier alpha value is 0.0569. The molecule has 0 bridgehead atoms. The lowest BCUT2D eigenvalue weighted by Gasteiger charge is -2.36. The Balaban J connectivity index is 2.01. The minimum atomic E-state index is -2.81. The summed E-state index contributed by atoms with van der Waals surface area (Å²) in [6.45, 7) is 14.0. The Labute approximate surface area is 105 Å². The first-order chi connectivity index (χ1) is 7.62. The lowest BCUT2D eigenvalue weighted by Crippen LogP contribution is -2.43. The highest BCUT2D eigenvalue weighted by Crippen LogP contribution is 2.39. The van der Waals surface area contributed by atoms with Crippen molar-refractivity contribution >= 4 is 9.05 Å². The molecule has 2 heterocycles. The van der Waals surface area contributed by atoms with Crippen LogP contribution in [0.2, 0.25) is 0 Å². The lowest BCUT2D eigenvalue weighted by molar-refractivity contribution is 0.0275. The van der Waals surface area contributed by atoms with Crippen molar-refractivity contribution in [1.29, 1.82) is 0 Å². The van der Waals surface area contributed by atoms with Gasteiger partial charge >= 0.3 is 9.05 Å². The number of hydrogen-bond donors (Lipinski definition) is 0. The molecule has 0 radical (unpaired) electrons. The molecule has 0 saturated carbocycles. The minimum Gasteiger partial charge on any atom is -0.500 e. The fourth-order valence-electron chi connectivity index (χ4n) is 1.83. The molecule has 0 N–H and O–H groups in total. The van der Waals surface area contributed by atoms with E-state index in [0.717, 1.165) is 0 Å². The Morgan fingerprint density at radius 3 is 1.35 bits per heavy atom. The maximum Gasteiger partial charge on any atom is 0.451 e. The first kappa shape index (κ1) is 13.5. The molecule has 0 aromatic heterocycles. The van der Waals surface area contributed by atoms with Gasteiger partial charge in [-0.1, -0.05) is 41.5 Å². The maximum atomic E-state index is 5.97. The van der Waals surface area contributed by atoms with Crippen LogP contribution < -0.4 is 0 Å². The van der Waals surface area contributed by atoms with Crippen molar-refractivity contribution in [1.82, 2.24) is 0 Å². The van der Waals surface area contributed by atoms with Crippen LogP contribution in [0.4, 0.5) is 0 Å². The first-order valence-corrected chi connectivity index (χ1v) is 7.89. The summed E-state index contributed by atoms with van der Waals surface area (Å²) in [5, 5.41) is 0. The van der Waals surface area contributed by atoms with Crippen LogP contribution in [0, 0.1) is 10.8 Å². The average Bonchev–Trinajstić information content (AvgIpc) is 2.72. The Morgan fingerprint density at radius 1 is 0.765 bits per heavy atom. The van der Waals surface area contributed by atoms with Crippen molar-refractivity contribution in [3.63, 3.8) is 0 Å². The van der Waals surface area contributed by atoms with Crippen LogP contribution in [0.1, 0.15) is 41.5 Å². The van der Waals surface area contributed by atoms with E-state index in [4.69, 9.17) is 17.7 Å². The highest BCUT2D eigenvalue weighted by Gasteiger charge is 2.49. The lowest BCUT2D eigenvalue weighted by atomic mass is 9.90. The second-order valence-electron chi connectivity index (χ2n) is 7.07. The Kier molecular flexibility index (Phi) is 3.20. The van der Waals surface area contributed by atoms with E-state index in [1.54, 1.807) is 0 Å². The zero-order chi connectivity index (χ0) is 12.9. The number of hydrogen-bond acceptors (Lipinski definition) is 4. The van der Waals surface area contributed by atoms with Crippen molar-refractivity contribution < 1.29 is 17.7 Å². The van der Waals surface area contributed by atoms with E-state index in [9.17, 15) is 0 Å². The fraction of sp³-hybridized carbons (Fsp3) is 1.00. The van der Waals surface area contributed by atoms with E-state index in [0.29, 0.717) is 13.2 Å². The van der Waals surface area contributed by atoms with Gasteiger partial charge in [0.05, 0.1) is 0 Å². The Bertz CT molecular complexity index is 262. The molecule has 2 fully saturated rings. The summed E-state index contributed by atoms with van der Waals surface area (Å²) in [6, 6.07) is 0. The van der Waals surface area contributed by atoms with Gasteiger partial charge in [0.2, 0.25) is 0 Å². The highest BCUT2D eigenvalue weighted by atomic mass is 28.4. The van der Waals surface area contributed by atoms with Crippen molar-refractivity contribution in [2.75, 3.05) is 13.2 Å². The molecule has 1 spiro atoms. The van der Waals surface area contributed by atoms with Crippen LogP contribution >= 0.6 is 0 Å². The predicted octanol–water partition coefficient (Wildman–Crippen LogP) is 2.34. The average molecular weight is 260 g/mol. The van der Waals surface area contributed by atoms with Crippen LogP contribution in [-0.4, -0.2) is 34.5 Å². The van der Waals surface area contributed by atoms with Gasteiger partial charge in [-0.25, -0.2) is 0 Å². The second-order valence-corrected chi connectivity index (χ2v) is 9.12. The highest BCUT2D eigenvalue weighted by molar-refractivity contribution is 6.54. The third-order valence-electron chi connectivity index (χ3n) is 3.33. The molecule has 0 aromatic rings. The maximum absolute atomic E-state index is 5.97. The van der Waals surface area contributed by atoms with Gasteiger partial charge in [-0.05, 0) is 10.8 Å². The summed E-state index contributed by atoms with van der Waals surface area (Å²) in [5.41, 5.74) is 0.117. The van der Waals surface area contributed by atoms with E-state index in [2.05, 4.69) is 41.5 Å². The summed E-state index contributed by atoms with van der Waals surface area (Å²) in [7, 11) is -2.81. The van der Waals surface area contributed by atoms with Crippen LogP contribution in [0.15, 0.2) is 0 Å². The number of rotatable bonds is 0. The van der Waals surface area contributed by atoms with Crippen LogP contribution in [0.25, 0.3) is 0 Å². The molecule has 4 nitrogen and oxygen atoms in total. The molecule has 2 aliphatic heterocycles. The predicted molar refractivity (Wildman–Crippen MR) is 66.3 cm³/mol. The largest absolute Gasteiger partial charge is 0.500 e. The smallest absolute Gasteiger partial charge is 0.451 e. The van der Waals surface area contributed by atoms with Crippen LogP contribution in [0.5, 0.6) is 0 Å². The molecule has 2 saturated heterocycles. The SMILES string of the molecule is CC(C)(C)C1CO[Si-]2(OCC(C(C)(C)C)O2)O1. The summed E-state index contributed by atoms with van der Waals surface area (Å²) in [5.74, 6) is 0. The monoisotopic (exact) mass is 260 g/mol. The molecule has 101 valence electrons. The third kappa shape index (κ3) is 2.74. The van der Waals surface area contributed by atoms with Crippen LogP contribution in [-0.2, 0) is 17.7 Å². The summed E-state index contributed by atoms with van der Waals surface area (Å²) < 4.78 is 23.4. The zero-order valence-electron chi connectivity index (χ0n) is 11.7. The van der Waals surface area contributed by atoms with Gasteiger partial charge in [-0.2, -0.15) is 0 Å². The van der Waals surface area contributed by atoms with Gasteiger partial charge in [-0.15, -0.1) is 0 Å². The topological polar surface area (TPSA) is 36.9 Å². The van der Waals surface area contributed by atoms with Crippen LogP contribution in [0.3, 0.4) is 0 Å². The van der Waals surface area contributed by atoms with Gasteiger partial charge in [0.15, 0.2) is 0 Å². The zero-order valence-corrected chi connectivity index (χ0v) is 12.7. The molecule has 2 rings (SSSR count). The quantitative estimate of drug-likeness (QED) is 0.627. The molecule has 2 atom stereocenters. The van der Waals surface area contributed by atoms with E-state index < -0.39 is 9.05 Å². The fourth-order valence-corrected chi connectivity index (χ4v) is 4.49. The van der Waals surface area contributed by atoms with Gasteiger partial charge in [0, 0.05) is 25.4 Å². The molecule has 17 heavy (non-hydrogen) atoms.